The Balaban J connectivity index is 1.42. The van der Waals surface area contributed by atoms with Crippen LogP contribution < -0.4 is 5.32 Å². The largest absolute Gasteiger partial charge is 0.467 e. The van der Waals surface area contributed by atoms with Gasteiger partial charge in [0.1, 0.15) is 5.76 Å². The molecule has 1 fully saturated rings. The smallest absolute Gasteiger partial charge is 0.243 e. The van der Waals surface area contributed by atoms with Gasteiger partial charge in [0, 0.05) is 43.2 Å². The molecule has 1 aliphatic rings. The van der Waals surface area contributed by atoms with Gasteiger partial charge in [-0.2, -0.15) is 4.31 Å². The zero-order valence-electron chi connectivity index (χ0n) is 16.2. The van der Waals surface area contributed by atoms with Crippen molar-refractivity contribution in [1.29, 1.82) is 0 Å². The molecule has 0 unspecified atom stereocenters. The number of furan rings is 1. The number of hydrogen-bond acceptors (Lipinski definition) is 4. The zero-order chi connectivity index (χ0) is 20.3. The average Bonchev–Trinajstić information content (AvgIpc) is 3.40. The standard InChI is InChI=1S/C21H25N3O4S/c25-21(22-16-18-5-4-14-28-18)9-13-23-12-8-17-15-19(6-7-20(17)23)29(26,27)24-10-2-1-3-11-24/h4-8,12,14-15H,1-3,9-11,13,16H2,(H,22,25). The lowest BCUT2D eigenvalue weighted by molar-refractivity contribution is -0.121. The van der Waals surface area contributed by atoms with Crippen LogP contribution in [0.3, 0.4) is 0 Å². The van der Waals surface area contributed by atoms with E-state index in [0.29, 0.717) is 43.3 Å². The van der Waals surface area contributed by atoms with Crippen molar-refractivity contribution in [2.45, 2.75) is 43.7 Å². The molecule has 3 aromatic rings. The molecule has 7 nitrogen and oxygen atoms in total. The van der Waals surface area contributed by atoms with Gasteiger partial charge in [0.2, 0.25) is 15.9 Å². The first-order valence-corrected chi connectivity index (χ1v) is 11.4. The highest BCUT2D eigenvalue weighted by atomic mass is 32.2. The Morgan fingerprint density at radius 3 is 2.69 bits per heavy atom. The maximum Gasteiger partial charge on any atom is 0.243 e. The average molecular weight is 416 g/mol. The van der Waals surface area contributed by atoms with Crippen LogP contribution in [0.1, 0.15) is 31.4 Å². The number of carbonyl (C=O) groups excluding carboxylic acids is 1. The highest BCUT2D eigenvalue weighted by Gasteiger charge is 2.26. The SMILES string of the molecule is O=C(CCn1ccc2cc(S(=O)(=O)N3CCCCC3)ccc21)NCc1ccco1. The predicted molar refractivity (Wildman–Crippen MR) is 110 cm³/mol. The van der Waals surface area contributed by atoms with E-state index in [1.54, 1.807) is 28.8 Å². The second kappa shape index (κ2) is 8.42. The first-order chi connectivity index (χ1) is 14.0. The Kier molecular flexibility index (Phi) is 5.73. The summed E-state index contributed by atoms with van der Waals surface area (Å²) in [6, 6.07) is 10.7. The summed E-state index contributed by atoms with van der Waals surface area (Å²) in [5.41, 5.74) is 0.918. The Morgan fingerprint density at radius 2 is 1.93 bits per heavy atom. The Morgan fingerprint density at radius 1 is 1.10 bits per heavy atom. The minimum absolute atomic E-state index is 0.0625. The molecule has 29 heavy (non-hydrogen) atoms. The molecule has 0 spiro atoms. The number of aryl methyl sites for hydroxylation is 1. The van der Waals surface area contributed by atoms with Gasteiger partial charge in [-0.3, -0.25) is 4.79 Å². The summed E-state index contributed by atoms with van der Waals surface area (Å²) in [6.07, 6.45) is 6.72. The van der Waals surface area contributed by atoms with Crippen molar-refractivity contribution in [2.75, 3.05) is 13.1 Å². The molecular weight excluding hydrogens is 390 g/mol. The summed E-state index contributed by atoms with van der Waals surface area (Å²) in [4.78, 5) is 12.4. The van der Waals surface area contributed by atoms with Gasteiger partial charge < -0.3 is 14.3 Å². The van der Waals surface area contributed by atoms with Gasteiger partial charge in [0.25, 0.3) is 0 Å². The molecule has 3 heterocycles. The monoisotopic (exact) mass is 415 g/mol. The molecule has 0 bridgehead atoms. The second-order valence-corrected chi connectivity index (χ2v) is 9.24. The number of hydrogen-bond donors (Lipinski definition) is 1. The van der Waals surface area contributed by atoms with Crippen LogP contribution in [0.2, 0.25) is 0 Å². The number of benzene rings is 1. The summed E-state index contributed by atoms with van der Waals surface area (Å²) in [6.45, 7) is 2.07. The molecule has 1 amide bonds. The number of piperidine rings is 1. The van der Waals surface area contributed by atoms with E-state index in [-0.39, 0.29) is 5.91 Å². The number of rotatable bonds is 7. The maximum absolute atomic E-state index is 12.9. The molecule has 4 rings (SSSR count). The Labute approximate surface area is 170 Å². The number of nitrogens with one attached hydrogen (secondary N) is 1. The fraction of sp³-hybridized carbons (Fsp3) is 0.381. The summed E-state index contributed by atoms with van der Waals surface area (Å²) in [5, 5.41) is 3.69. The van der Waals surface area contributed by atoms with Crippen LogP contribution in [0.25, 0.3) is 10.9 Å². The molecule has 0 radical (unpaired) electrons. The lowest BCUT2D eigenvalue weighted by atomic mass is 10.2. The van der Waals surface area contributed by atoms with Gasteiger partial charge in [0.15, 0.2) is 0 Å². The molecule has 1 aliphatic heterocycles. The summed E-state index contributed by atoms with van der Waals surface area (Å²) in [5.74, 6) is 0.653. The summed E-state index contributed by atoms with van der Waals surface area (Å²) < 4.78 is 34.5. The summed E-state index contributed by atoms with van der Waals surface area (Å²) >= 11 is 0. The van der Waals surface area contributed by atoms with Gasteiger partial charge in [0.05, 0.1) is 17.7 Å². The molecule has 8 heteroatoms. The topological polar surface area (TPSA) is 84.5 Å². The second-order valence-electron chi connectivity index (χ2n) is 7.30. The van der Waals surface area contributed by atoms with E-state index in [1.807, 2.05) is 29.0 Å². The third-order valence-corrected chi connectivity index (χ3v) is 7.21. The molecule has 1 N–H and O–H groups in total. The highest BCUT2D eigenvalue weighted by molar-refractivity contribution is 7.89. The summed E-state index contributed by atoms with van der Waals surface area (Å²) in [7, 11) is -3.45. The molecule has 0 aliphatic carbocycles. The molecule has 1 aromatic carbocycles. The first kappa shape index (κ1) is 19.7. The number of fused-ring (bicyclic) bond motifs is 1. The third-order valence-electron chi connectivity index (χ3n) is 5.31. The number of nitrogens with zero attached hydrogens (tertiary/aromatic N) is 2. The van der Waals surface area contributed by atoms with E-state index < -0.39 is 10.0 Å². The van der Waals surface area contributed by atoms with Gasteiger partial charge in [-0.25, -0.2) is 8.42 Å². The highest BCUT2D eigenvalue weighted by Crippen LogP contribution is 2.25. The van der Waals surface area contributed by atoms with Crippen LogP contribution in [0.5, 0.6) is 0 Å². The normalized spacial score (nSPS) is 15.6. The van der Waals surface area contributed by atoms with E-state index in [9.17, 15) is 13.2 Å². The fourth-order valence-corrected chi connectivity index (χ4v) is 5.25. The van der Waals surface area contributed by atoms with E-state index in [0.717, 1.165) is 30.2 Å². The third kappa shape index (κ3) is 4.38. The van der Waals surface area contributed by atoms with E-state index >= 15 is 0 Å². The van der Waals surface area contributed by atoms with Crippen molar-refractivity contribution in [1.82, 2.24) is 14.2 Å². The lowest BCUT2D eigenvalue weighted by Crippen LogP contribution is -2.35. The number of aromatic nitrogens is 1. The van der Waals surface area contributed by atoms with E-state index in [1.165, 1.54) is 0 Å². The number of amides is 1. The van der Waals surface area contributed by atoms with Crippen molar-refractivity contribution in [2.24, 2.45) is 0 Å². The lowest BCUT2D eigenvalue weighted by Gasteiger charge is -2.25. The van der Waals surface area contributed by atoms with Crippen molar-refractivity contribution in [3.63, 3.8) is 0 Å². The predicted octanol–water partition coefficient (Wildman–Crippen LogP) is 3.12. The van der Waals surface area contributed by atoms with Crippen LogP contribution in [-0.2, 0) is 27.9 Å². The van der Waals surface area contributed by atoms with Crippen molar-refractivity contribution in [3.05, 3.63) is 54.6 Å². The maximum atomic E-state index is 12.9. The minimum Gasteiger partial charge on any atom is -0.467 e. The van der Waals surface area contributed by atoms with Crippen molar-refractivity contribution in [3.8, 4) is 0 Å². The van der Waals surface area contributed by atoms with Gasteiger partial charge in [-0.15, -0.1) is 0 Å². The van der Waals surface area contributed by atoms with Crippen LogP contribution >= 0.6 is 0 Å². The molecule has 1 saturated heterocycles. The fourth-order valence-electron chi connectivity index (χ4n) is 3.70. The Bertz CT molecular complexity index is 1080. The van der Waals surface area contributed by atoms with E-state index in [2.05, 4.69) is 5.32 Å². The van der Waals surface area contributed by atoms with Gasteiger partial charge in [-0.1, -0.05) is 6.42 Å². The number of sulfonamides is 1. The minimum atomic E-state index is -3.45. The number of carbonyl (C=O) groups is 1. The molecular formula is C21H25N3O4S. The Hall–Kier alpha value is -2.58. The van der Waals surface area contributed by atoms with Crippen LogP contribution in [0.15, 0.2) is 58.2 Å². The quantitative estimate of drug-likeness (QED) is 0.643. The van der Waals surface area contributed by atoms with Gasteiger partial charge >= 0.3 is 0 Å². The van der Waals surface area contributed by atoms with Crippen LogP contribution in [0.4, 0.5) is 0 Å². The molecule has 0 atom stereocenters. The molecule has 2 aromatic heterocycles. The van der Waals surface area contributed by atoms with Crippen molar-refractivity contribution >= 4 is 26.8 Å². The first-order valence-electron chi connectivity index (χ1n) is 9.92. The van der Waals surface area contributed by atoms with Crippen LogP contribution in [0, 0.1) is 0 Å². The van der Waals surface area contributed by atoms with Gasteiger partial charge in [-0.05, 0) is 49.2 Å². The molecule has 154 valence electrons. The zero-order valence-corrected chi connectivity index (χ0v) is 17.0. The van der Waals surface area contributed by atoms with Crippen LogP contribution in [-0.4, -0.2) is 36.3 Å². The molecule has 0 saturated carbocycles. The van der Waals surface area contributed by atoms with Crippen molar-refractivity contribution < 1.29 is 17.6 Å². The van der Waals surface area contributed by atoms with E-state index in [4.69, 9.17) is 4.42 Å².